The summed E-state index contributed by atoms with van der Waals surface area (Å²) in [4.78, 5) is 21.6. The second kappa shape index (κ2) is 3.01. The Labute approximate surface area is 87.0 Å². The lowest BCUT2D eigenvalue weighted by atomic mass is 9.44. The van der Waals surface area contributed by atoms with Crippen LogP contribution in [0.25, 0.3) is 0 Å². The SMILES string of the molecule is CCOC(=O)NC12CC(NC(=O)O)(C1)C2. The van der Waals surface area contributed by atoms with Crippen molar-refractivity contribution >= 4 is 12.2 Å². The van der Waals surface area contributed by atoms with Gasteiger partial charge in [-0.15, -0.1) is 0 Å². The first kappa shape index (κ1) is 10.1. The van der Waals surface area contributed by atoms with E-state index < -0.39 is 12.2 Å². The molecule has 0 aromatic heterocycles. The average Bonchev–Trinajstić information content (AvgIpc) is 1.97. The summed E-state index contributed by atoms with van der Waals surface area (Å²) in [6.45, 7) is 2.09. The van der Waals surface area contributed by atoms with Crippen molar-refractivity contribution in [2.24, 2.45) is 0 Å². The topological polar surface area (TPSA) is 87.7 Å². The first-order chi connectivity index (χ1) is 6.99. The van der Waals surface area contributed by atoms with E-state index in [4.69, 9.17) is 9.84 Å². The van der Waals surface area contributed by atoms with Crippen LogP contribution in [0, 0.1) is 0 Å². The van der Waals surface area contributed by atoms with Crippen molar-refractivity contribution in [2.75, 3.05) is 6.61 Å². The molecule has 0 spiro atoms. The van der Waals surface area contributed by atoms with Crippen LogP contribution in [0.15, 0.2) is 0 Å². The fourth-order valence-corrected chi connectivity index (χ4v) is 2.66. The molecule has 3 aliphatic carbocycles. The summed E-state index contributed by atoms with van der Waals surface area (Å²) in [5, 5.41) is 13.8. The first-order valence-electron chi connectivity index (χ1n) is 4.95. The minimum absolute atomic E-state index is 0.214. The van der Waals surface area contributed by atoms with Crippen molar-refractivity contribution in [1.29, 1.82) is 0 Å². The van der Waals surface area contributed by atoms with Gasteiger partial charge < -0.3 is 20.5 Å². The molecule has 84 valence electrons. The predicted molar refractivity (Wildman–Crippen MR) is 50.6 cm³/mol. The number of hydrogen-bond donors (Lipinski definition) is 3. The molecule has 0 heterocycles. The third-order valence-corrected chi connectivity index (χ3v) is 3.05. The highest BCUT2D eigenvalue weighted by Crippen LogP contribution is 2.60. The predicted octanol–water partition coefficient (Wildman–Crippen LogP) is 0.675. The van der Waals surface area contributed by atoms with Gasteiger partial charge in [-0.2, -0.15) is 0 Å². The lowest BCUT2D eigenvalue weighted by molar-refractivity contribution is -0.0945. The van der Waals surface area contributed by atoms with Gasteiger partial charge in [0.2, 0.25) is 0 Å². The highest BCUT2D eigenvalue weighted by molar-refractivity contribution is 5.71. The molecule has 6 heteroatoms. The highest BCUT2D eigenvalue weighted by atomic mass is 16.5. The van der Waals surface area contributed by atoms with Gasteiger partial charge in [0.05, 0.1) is 17.7 Å². The zero-order valence-corrected chi connectivity index (χ0v) is 8.50. The zero-order valence-electron chi connectivity index (χ0n) is 8.50. The smallest absolute Gasteiger partial charge is 0.407 e. The van der Waals surface area contributed by atoms with Gasteiger partial charge in [-0.3, -0.25) is 0 Å². The van der Waals surface area contributed by atoms with Gasteiger partial charge in [0, 0.05) is 0 Å². The normalized spacial score (nSPS) is 35.8. The Bertz CT molecular complexity index is 295. The van der Waals surface area contributed by atoms with Gasteiger partial charge in [-0.25, -0.2) is 9.59 Å². The van der Waals surface area contributed by atoms with E-state index in [0.29, 0.717) is 25.9 Å². The maximum Gasteiger partial charge on any atom is 0.407 e. The molecule has 3 N–H and O–H groups in total. The van der Waals surface area contributed by atoms with Crippen LogP contribution in [-0.2, 0) is 4.74 Å². The molecule has 3 saturated carbocycles. The monoisotopic (exact) mass is 214 g/mol. The Balaban J connectivity index is 1.77. The molecule has 0 aromatic carbocycles. The van der Waals surface area contributed by atoms with Gasteiger partial charge in [0.25, 0.3) is 0 Å². The molecule has 0 atom stereocenters. The van der Waals surface area contributed by atoms with Gasteiger partial charge >= 0.3 is 12.2 Å². The summed E-state index contributed by atoms with van der Waals surface area (Å²) in [6.07, 6.45) is 0.599. The summed E-state index contributed by atoms with van der Waals surface area (Å²) in [7, 11) is 0. The number of hydrogen-bond acceptors (Lipinski definition) is 3. The Morgan fingerprint density at radius 1 is 1.27 bits per heavy atom. The molecule has 0 saturated heterocycles. The van der Waals surface area contributed by atoms with Gasteiger partial charge in [-0.05, 0) is 26.2 Å². The van der Waals surface area contributed by atoms with E-state index in [1.165, 1.54) is 0 Å². The van der Waals surface area contributed by atoms with E-state index in [1.807, 2.05) is 0 Å². The maximum absolute atomic E-state index is 11.1. The van der Waals surface area contributed by atoms with Crippen LogP contribution in [0.2, 0.25) is 0 Å². The first-order valence-corrected chi connectivity index (χ1v) is 4.95. The van der Waals surface area contributed by atoms with E-state index in [9.17, 15) is 9.59 Å². The van der Waals surface area contributed by atoms with Gasteiger partial charge in [0.15, 0.2) is 0 Å². The van der Waals surface area contributed by atoms with Crippen molar-refractivity contribution in [1.82, 2.24) is 10.6 Å². The maximum atomic E-state index is 11.1. The second-order valence-electron chi connectivity index (χ2n) is 4.37. The number of carboxylic acid groups (broad SMARTS) is 1. The Kier molecular flexibility index (Phi) is 2.02. The van der Waals surface area contributed by atoms with E-state index in [1.54, 1.807) is 6.92 Å². The Morgan fingerprint density at radius 3 is 2.27 bits per heavy atom. The number of rotatable bonds is 3. The largest absolute Gasteiger partial charge is 0.465 e. The number of ether oxygens (including phenoxy) is 1. The van der Waals surface area contributed by atoms with Gasteiger partial charge in [0.1, 0.15) is 0 Å². The molecule has 0 radical (unpaired) electrons. The molecular formula is C9H14N2O4. The van der Waals surface area contributed by atoms with Crippen LogP contribution >= 0.6 is 0 Å². The van der Waals surface area contributed by atoms with Crippen molar-refractivity contribution in [3.05, 3.63) is 0 Å². The fourth-order valence-electron chi connectivity index (χ4n) is 2.66. The quantitative estimate of drug-likeness (QED) is 0.644. The second-order valence-corrected chi connectivity index (χ2v) is 4.37. The van der Waals surface area contributed by atoms with E-state index in [0.717, 1.165) is 0 Å². The van der Waals surface area contributed by atoms with Crippen LogP contribution in [0.1, 0.15) is 26.2 Å². The molecular weight excluding hydrogens is 200 g/mol. The Morgan fingerprint density at radius 2 is 1.80 bits per heavy atom. The molecule has 3 fully saturated rings. The van der Waals surface area contributed by atoms with Gasteiger partial charge in [-0.1, -0.05) is 0 Å². The number of nitrogens with one attached hydrogen (secondary N) is 2. The number of alkyl carbamates (subject to hydrolysis) is 1. The summed E-state index contributed by atoms with van der Waals surface area (Å²) >= 11 is 0. The minimum Gasteiger partial charge on any atom is -0.465 e. The van der Waals surface area contributed by atoms with Crippen molar-refractivity contribution in [3.8, 4) is 0 Å². The summed E-state index contributed by atoms with van der Waals surface area (Å²) < 4.78 is 4.77. The summed E-state index contributed by atoms with van der Waals surface area (Å²) in [5.74, 6) is 0. The molecule has 15 heavy (non-hydrogen) atoms. The lowest BCUT2D eigenvalue weighted by Gasteiger charge is -2.69. The molecule has 0 aromatic rings. The summed E-state index contributed by atoms with van der Waals surface area (Å²) in [6, 6.07) is 0. The van der Waals surface area contributed by atoms with Crippen molar-refractivity contribution < 1.29 is 19.4 Å². The van der Waals surface area contributed by atoms with E-state index in [-0.39, 0.29) is 11.1 Å². The molecule has 3 rings (SSSR count). The number of carbonyl (C=O) groups excluding carboxylic acids is 1. The molecule has 0 unspecified atom stereocenters. The van der Waals surface area contributed by atoms with Crippen LogP contribution < -0.4 is 10.6 Å². The van der Waals surface area contributed by atoms with E-state index >= 15 is 0 Å². The molecule has 3 aliphatic rings. The fraction of sp³-hybridized carbons (Fsp3) is 0.778. The minimum atomic E-state index is -1.00. The molecule has 2 bridgehead atoms. The number of carbonyl (C=O) groups is 2. The summed E-state index contributed by atoms with van der Waals surface area (Å²) in [5.41, 5.74) is -0.500. The molecule has 2 amide bonds. The molecule has 0 aliphatic heterocycles. The molecule has 6 nitrogen and oxygen atoms in total. The van der Waals surface area contributed by atoms with Crippen LogP contribution in [-0.4, -0.2) is 35.0 Å². The lowest BCUT2D eigenvalue weighted by Crippen LogP contribution is -2.83. The third kappa shape index (κ3) is 1.60. The van der Waals surface area contributed by atoms with Crippen LogP contribution in [0.5, 0.6) is 0 Å². The zero-order chi connectivity index (χ0) is 11.1. The van der Waals surface area contributed by atoms with E-state index in [2.05, 4.69) is 10.6 Å². The van der Waals surface area contributed by atoms with Crippen molar-refractivity contribution in [2.45, 2.75) is 37.3 Å². The average molecular weight is 214 g/mol. The Hall–Kier alpha value is -1.46. The highest BCUT2D eigenvalue weighted by Gasteiger charge is 2.69. The van der Waals surface area contributed by atoms with Crippen LogP contribution in [0.3, 0.4) is 0 Å². The standard InChI is InChI=1S/C9H14N2O4/c1-2-15-7(14)11-9-3-8(4-9,5-9)10-6(12)13/h10H,2-5H2,1H3,(H,11,14)(H,12,13). The third-order valence-electron chi connectivity index (χ3n) is 3.05. The van der Waals surface area contributed by atoms with Crippen molar-refractivity contribution in [3.63, 3.8) is 0 Å². The van der Waals surface area contributed by atoms with Crippen LogP contribution in [0.4, 0.5) is 9.59 Å². The number of amides is 2.